The van der Waals surface area contributed by atoms with Crippen LogP contribution in [0.3, 0.4) is 0 Å². The summed E-state index contributed by atoms with van der Waals surface area (Å²) in [5.74, 6) is 0. The van der Waals surface area contributed by atoms with Crippen molar-refractivity contribution in [2.45, 2.75) is 26.7 Å². The molecule has 98 valence electrons. The fourth-order valence-electron chi connectivity index (χ4n) is 0.671. The molecule has 1 aromatic rings. The number of aromatic nitrogens is 1. The van der Waals surface area contributed by atoms with Crippen LogP contribution in [0.25, 0.3) is 0 Å². The van der Waals surface area contributed by atoms with E-state index in [2.05, 4.69) is 11.6 Å². The van der Waals surface area contributed by atoms with Gasteiger partial charge in [0.2, 0.25) is 0 Å². The maximum Gasteiger partial charge on any atom is 0.269 e. The molecule has 0 aliphatic heterocycles. The van der Waals surface area contributed by atoms with Gasteiger partial charge in [-0.05, 0) is 32.3 Å². The van der Waals surface area contributed by atoms with Crippen LogP contribution < -0.4 is 0 Å². The molecule has 1 rings (SSSR count). The van der Waals surface area contributed by atoms with E-state index in [-0.39, 0.29) is 34.1 Å². The van der Waals surface area contributed by atoms with Gasteiger partial charge >= 0.3 is 0 Å². The standard InChI is InChI=1S/C8H12F2.C3H3NS.CH3.W/c1-6(2)4-5-7(3)8(9)10;1-2-5-3-4-1;;/h1,4-5H2,2-3H3;1-3H;1H3;/q;;-1;. The smallest absolute Gasteiger partial charge is 0.269 e. The average Bonchev–Trinajstić information content (AvgIpc) is 2.71. The van der Waals surface area contributed by atoms with Gasteiger partial charge in [0.25, 0.3) is 6.08 Å². The zero-order chi connectivity index (χ0) is 11.7. The average molecular weight is 430 g/mol. The number of thiazole rings is 1. The van der Waals surface area contributed by atoms with Crippen LogP contribution in [0.5, 0.6) is 0 Å². The van der Waals surface area contributed by atoms with Crippen molar-refractivity contribution in [3.63, 3.8) is 0 Å². The molecule has 1 nitrogen and oxygen atoms in total. The Labute approximate surface area is 121 Å². The first-order valence-corrected chi connectivity index (χ1v) is 5.45. The summed E-state index contributed by atoms with van der Waals surface area (Å²) in [6, 6.07) is 0. The van der Waals surface area contributed by atoms with Gasteiger partial charge in [0.1, 0.15) is 0 Å². The second-order valence-corrected chi connectivity index (χ2v) is 3.93. The van der Waals surface area contributed by atoms with E-state index in [1.54, 1.807) is 23.0 Å². The van der Waals surface area contributed by atoms with Gasteiger partial charge in [-0.25, -0.2) is 0 Å². The Morgan fingerprint density at radius 3 is 2.12 bits per heavy atom. The minimum absolute atomic E-state index is 0. The predicted molar refractivity (Wildman–Crippen MR) is 67.5 cm³/mol. The van der Waals surface area contributed by atoms with Gasteiger partial charge < -0.3 is 7.43 Å². The van der Waals surface area contributed by atoms with Gasteiger partial charge in [0.15, 0.2) is 0 Å². The molecule has 0 radical (unpaired) electrons. The van der Waals surface area contributed by atoms with Gasteiger partial charge in [0.05, 0.1) is 5.51 Å². The third kappa shape index (κ3) is 15.7. The normalized spacial score (nSPS) is 7.76. The zero-order valence-electron chi connectivity index (χ0n) is 10.4. The van der Waals surface area contributed by atoms with Crippen molar-refractivity contribution in [3.8, 4) is 0 Å². The van der Waals surface area contributed by atoms with E-state index in [0.717, 1.165) is 5.57 Å². The Hall–Kier alpha value is -0.342. The fourth-order valence-corrected chi connectivity index (χ4v) is 1.02. The van der Waals surface area contributed by atoms with Crippen LogP contribution >= 0.6 is 11.3 Å². The molecule has 0 saturated heterocycles. The Morgan fingerprint density at radius 1 is 1.29 bits per heavy atom. The Kier molecular flexibility index (Phi) is 17.7. The maximum atomic E-state index is 11.7. The molecule has 17 heavy (non-hydrogen) atoms. The summed E-state index contributed by atoms with van der Waals surface area (Å²) in [6.45, 7) is 6.90. The van der Waals surface area contributed by atoms with Crippen LogP contribution in [0.2, 0.25) is 0 Å². The summed E-state index contributed by atoms with van der Waals surface area (Å²) in [6.07, 6.45) is 1.30. The van der Waals surface area contributed by atoms with Crippen molar-refractivity contribution >= 4 is 11.3 Å². The molecule has 0 aromatic carbocycles. The largest absolute Gasteiger partial charge is 0.358 e. The van der Waals surface area contributed by atoms with Gasteiger partial charge in [0, 0.05) is 32.6 Å². The SMILES string of the molecule is C=C(C)CCC(C)=C(F)F.[CH3-].[W].c1cscn1. The third-order valence-corrected chi connectivity index (χ3v) is 2.12. The fraction of sp³-hybridized carbons (Fsp3) is 0.333. The van der Waals surface area contributed by atoms with Crippen molar-refractivity contribution in [2.24, 2.45) is 0 Å². The summed E-state index contributed by atoms with van der Waals surface area (Å²) in [7, 11) is 0. The van der Waals surface area contributed by atoms with Crippen molar-refractivity contribution in [2.75, 3.05) is 0 Å². The molecule has 0 aliphatic carbocycles. The summed E-state index contributed by atoms with van der Waals surface area (Å²) < 4.78 is 23.5. The first-order chi connectivity index (χ1) is 7.04. The number of nitrogens with zero attached hydrogens (tertiary/aromatic N) is 1. The van der Waals surface area contributed by atoms with Crippen LogP contribution in [0.15, 0.2) is 40.9 Å². The van der Waals surface area contributed by atoms with E-state index >= 15 is 0 Å². The van der Waals surface area contributed by atoms with E-state index in [9.17, 15) is 8.78 Å². The van der Waals surface area contributed by atoms with E-state index in [0.29, 0.717) is 12.8 Å². The minimum atomic E-state index is -1.55. The molecule has 0 bridgehead atoms. The monoisotopic (exact) mass is 430 g/mol. The number of halogens is 2. The Bertz CT molecular complexity index is 289. The molecule has 0 saturated carbocycles. The molecule has 0 atom stereocenters. The molecule has 0 amide bonds. The maximum absolute atomic E-state index is 11.7. The third-order valence-electron chi connectivity index (χ3n) is 1.60. The van der Waals surface area contributed by atoms with E-state index in [4.69, 9.17) is 0 Å². The molecular formula is C12H18F2NSW-. The Morgan fingerprint density at radius 2 is 1.88 bits per heavy atom. The predicted octanol–water partition coefficient (Wildman–Crippen LogP) is 5.10. The molecule has 0 spiro atoms. The van der Waals surface area contributed by atoms with Crippen molar-refractivity contribution in [1.29, 1.82) is 0 Å². The molecule has 0 fully saturated rings. The molecular weight excluding hydrogens is 412 g/mol. The summed E-state index contributed by atoms with van der Waals surface area (Å²) >= 11 is 1.60. The summed E-state index contributed by atoms with van der Waals surface area (Å²) in [5.41, 5.74) is 2.91. The second-order valence-electron chi connectivity index (χ2n) is 3.17. The molecule has 0 aliphatic rings. The number of allylic oxidation sites excluding steroid dienone is 2. The number of rotatable bonds is 3. The summed E-state index contributed by atoms with van der Waals surface area (Å²) in [4.78, 5) is 3.74. The minimum Gasteiger partial charge on any atom is -0.358 e. The Balaban J connectivity index is -0.000000238. The second kappa shape index (κ2) is 13.7. The van der Waals surface area contributed by atoms with Gasteiger partial charge in [-0.3, -0.25) is 4.98 Å². The topological polar surface area (TPSA) is 12.9 Å². The first kappa shape index (κ1) is 21.9. The summed E-state index contributed by atoms with van der Waals surface area (Å²) in [5, 5.41) is 1.93. The van der Waals surface area contributed by atoms with Crippen LogP contribution in [-0.4, -0.2) is 4.98 Å². The van der Waals surface area contributed by atoms with Gasteiger partial charge in [-0.1, -0.05) is 5.57 Å². The van der Waals surface area contributed by atoms with Crippen LogP contribution in [0.4, 0.5) is 8.78 Å². The molecule has 1 heterocycles. The molecule has 5 heteroatoms. The van der Waals surface area contributed by atoms with E-state index in [1.807, 2.05) is 12.3 Å². The van der Waals surface area contributed by atoms with E-state index in [1.165, 1.54) is 6.92 Å². The quantitative estimate of drug-likeness (QED) is 0.480. The molecule has 1 aromatic heterocycles. The van der Waals surface area contributed by atoms with Crippen molar-refractivity contribution in [3.05, 3.63) is 48.3 Å². The van der Waals surface area contributed by atoms with Crippen LogP contribution in [-0.2, 0) is 21.1 Å². The van der Waals surface area contributed by atoms with Gasteiger partial charge in [-0.15, -0.1) is 17.9 Å². The first-order valence-electron chi connectivity index (χ1n) is 4.51. The number of hydrogen-bond acceptors (Lipinski definition) is 2. The van der Waals surface area contributed by atoms with Crippen molar-refractivity contribution in [1.82, 2.24) is 4.98 Å². The van der Waals surface area contributed by atoms with Crippen LogP contribution in [0, 0.1) is 7.43 Å². The number of hydrogen-bond donors (Lipinski definition) is 0. The van der Waals surface area contributed by atoms with Gasteiger partial charge in [-0.2, -0.15) is 8.78 Å². The van der Waals surface area contributed by atoms with E-state index < -0.39 is 6.08 Å². The zero-order valence-corrected chi connectivity index (χ0v) is 14.1. The molecule has 0 N–H and O–H groups in total. The molecule has 0 unspecified atom stereocenters. The van der Waals surface area contributed by atoms with Crippen LogP contribution in [0.1, 0.15) is 26.7 Å². The van der Waals surface area contributed by atoms with Crippen molar-refractivity contribution < 1.29 is 29.8 Å².